The Bertz CT molecular complexity index is 289. The van der Waals surface area contributed by atoms with Crippen LogP contribution >= 0.6 is 0 Å². The number of carbonyl (C=O) groups is 2. The molecule has 0 aromatic carbocycles. The lowest BCUT2D eigenvalue weighted by Crippen LogP contribution is -2.45. The Hall–Kier alpha value is -1.40. The molecule has 100 valence electrons. The maximum Gasteiger partial charge on any atom is 0.410 e. The van der Waals surface area contributed by atoms with Gasteiger partial charge in [0.15, 0.2) is 0 Å². The number of carboxylic acid groups (broad SMARTS) is 1. The molecule has 0 rings (SSSR count). The van der Waals surface area contributed by atoms with Gasteiger partial charge in [-0.1, -0.05) is 0 Å². The average molecular weight is 253 g/mol. The van der Waals surface area contributed by atoms with Crippen LogP contribution in [0.25, 0.3) is 0 Å². The number of amides is 1. The monoisotopic (exact) mass is 253 g/mol. The van der Waals surface area contributed by atoms with E-state index < -0.39 is 36.6 Å². The number of aliphatic carboxylic acids is 1. The summed E-state index contributed by atoms with van der Waals surface area (Å²) in [5.41, 5.74) is -0.806. The van der Waals surface area contributed by atoms with E-state index in [1.54, 1.807) is 20.8 Å². The fourth-order valence-corrected chi connectivity index (χ4v) is 1.05. The van der Waals surface area contributed by atoms with Gasteiger partial charge in [0.05, 0.1) is 0 Å². The van der Waals surface area contributed by atoms with Crippen LogP contribution in [0.2, 0.25) is 0 Å². The highest BCUT2D eigenvalue weighted by Gasteiger charge is 2.32. The summed E-state index contributed by atoms with van der Waals surface area (Å²) in [5.74, 6) is -1.49. The van der Waals surface area contributed by atoms with Gasteiger partial charge in [-0.2, -0.15) is 0 Å². The molecule has 0 bridgehead atoms. The van der Waals surface area contributed by atoms with E-state index in [4.69, 9.17) is 9.84 Å². The fourth-order valence-electron chi connectivity index (χ4n) is 1.05. The number of alkyl halides is 2. The van der Waals surface area contributed by atoms with Gasteiger partial charge in [-0.15, -0.1) is 0 Å². The Kier molecular flexibility index (Phi) is 5.31. The summed E-state index contributed by atoms with van der Waals surface area (Å²) in [6, 6.07) is -1.59. The molecule has 1 unspecified atom stereocenters. The Labute approximate surface area is 98.3 Å². The van der Waals surface area contributed by atoms with Crippen molar-refractivity contribution < 1.29 is 28.2 Å². The van der Waals surface area contributed by atoms with Gasteiger partial charge in [-0.25, -0.2) is 18.4 Å². The number of rotatable bonds is 4. The maximum absolute atomic E-state index is 12.2. The summed E-state index contributed by atoms with van der Waals surface area (Å²) in [6.45, 7) is 4.80. The van der Waals surface area contributed by atoms with E-state index in [0.717, 1.165) is 7.05 Å². The molecule has 5 nitrogen and oxygen atoms in total. The van der Waals surface area contributed by atoms with Gasteiger partial charge < -0.3 is 9.84 Å². The first-order valence-corrected chi connectivity index (χ1v) is 5.01. The van der Waals surface area contributed by atoms with Crippen LogP contribution in [-0.4, -0.2) is 47.2 Å². The van der Waals surface area contributed by atoms with Crippen molar-refractivity contribution in [3.05, 3.63) is 0 Å². The van der Waals surface area contributed by atoms with Crippen LogP contribution in [0.15, 0.2) is 0 Å². The molecule has 0 aromatic rings. The summed E-state index contributed by atoms with van der Waals surface area (Å²) in [7, 11) is 1.12. The molecule has 0 spiro atoms. The van der Waals surface area contributed by atoms with E-state index in [2.05, 4.69) is 0 Å². The summed E-state index contributed by atoms with van der Waals surface area (Å²) in [4.78, 5) is 22.9. The van der Waals surface area contributed by atoms with Crippen LogP contribution in [0.5, 0.6) is 0 Å². The van der Waals surface area contributed by atoms with Crippen molar-refractivity contribution in [2.24, 2.45) is 0 Å². The number of nitrogens with zero attached hydrogens (tertiary/aromatic N) is 1. The Morgan fingerprint density at radius 1 is 1.35 bits per heavy atom. The van der Waals surface area contributed by atoms with Crippen molar-refractivity contribution in [1.82, 2.24) is 4.90 Å². The topological polar surface area (TPSA) is 66.8 Å². The van der Waals surface area contributed by atoms with Crippen LogP contribution < -0.4 is 0 Å². The molecule has 0 saturated heterocycles. The smallest absolute Gasteiger partial charge is 0.410 e. The van der Waals surface area contributed by atoms with Crippen molar-refractivity contribution in [3.8, 4) is 0 Å². The third kappa shape index (κ3) is 6.03. The van der Waals surface area contributed by atoms with Gasteiger partial charge in [0.25, 0.3) is 0 Å². The van der Waals surface area contributed by atoms with E-state index in [9.17, 15) is 18.4 Å². The molecule has 0 saturated carbocycles. The minimum Gasteiger partial charge on any atom is -0.480 e. The normalized spacial score (nSPS) is 13.4. The van der Waals surface area contributed by atoms with Crippen LogP contribution in [0.1, 0.15) is 27.2 Å². The zero-order valence-electron chi connectivity index (χ0n) is 10.2. The van der Waals surface area contributed by atoms with E-state index >= 15 is 0 Å². The van der Waals surface area contributed by atoms with Gasteiger partial charge in [0.1, 0.15) is 11.6 Å². The first-order valence-electron chi connectivity index (χ1n) is 5.01. The van der Waals surface area contributed by atoms with Crippen molar-refractivity contribution in [3.63, 3.8) is 0 Å². The summed E-state index contributed by atoms with van der Waals surface area (Å²) < 4.78 is 29.2. The molecule has 1 atom stereocenters. The predicted octanol–water partition coefficient (Wildman–Crippen LogP) is 1.96. The zero-order chi connectivity index (χ0) is 13.8. The molecule has 1 N–H and O–H groups in total. The second-order valence-corrected chi connectivity index (χ2v) is 4.57. The maximum atomic E-state index is 12.2. The van der Waals surface area contributed by atoms with Gasteiger partial charge in [-0.3, -0.25) is 4.90 Å². The molecule has 0 aliphatic heterocycles. The van der Waals surface area contributed by atoms with E-state index in [-0.39, 0.29) is 0 Å². The molecule has 0 aliphatic carbocycles. The minimum atomic E-state index is -2.80. The fraction of sp³-hybridized carbons (Fsp3) is 0.800. The molecule has 0 fully saturated rings. The quantitative estimate of drug-likeness (QED) is 0.831. The second kappa shape index (κ2) is 5.79. The molecule has 0 heterocycles. The predicted molar refractivity (Wildman–Crippen MR) is 56.0 cm³/mol. The van der Waals surface area contributed by atoms with E-state index in [1.807, 2.05) is 0 Å². The number of likely N-dealkylation sites (N-methyl/N-ethyl adjacent to an activating group) is 1. The Balaban J connectivity index is 4.67. The number of carbonyl (C=O) groups excluding carboxylic acids is 1. The van der Waals surface area contributed by atoms with E-state index in [1.165, 1.54) is 0 Å². The minimum absolute atomic E-state index is 0.666. The van der Waals surface area contributed by atoms with Crippen molar-refractivity contribution in [2.75, 3.05) is 7.05 Å². The lowest BCUT2D eigenvalue weighted by molar-refractivity contribution is -0.144. The number of ether oxygens (including phenoxy) is 1. The largest absolute Gasteiger partial charge is 0.480 e. The van der Waals surface area contributed by atoms with Crippen LogP contribution in [-0.2, 0) is 9.53 Å². The van der Waals surface area contributed by atoms with Crippen LogP contribution in [0.4, 0.5) is 13.6 Å². The van der Waals surface area contributed by atoms with Gasteiger partial charge in [-0.05, 0) is 20.8 Å². The zero-order valence-corrected chi connectivity index (χ0v) is 10.2. The highest BCUT2D eigenvalue weighted by molar-refractivity contribution is 5.80. The molecule has 0 radical (unpaired) electrons. The van der Waals surface area contributed by atoms with Gasteiger partial charge in [0, 0.05) is 13.5 Å². The average Bonchev–Trinajstić information content (AvgIpc) is 2.09. The number of halogens is 2. The first-order chi connectivity index (χ1) is 7.54. The number of hydrogen-bond acceptors (Lipinski definition) is 3. The van der Waals surface area contributed by atoms with Crippen molar-refractivity contribution >= 4 is 12.1 Å². The summed E-state index contributed by atoms with van der Waals surface area (Å²) in [6.07, 6.45) is -4.67. The molecular weight excluding hydrogens is 236 g/mol. The molecule has 1 amide bonds. The SMILES string of the molecule is CN(C(=O)OC(C)(C)C)C(CC(F)F)C(=O)O. The van der Waals surface area contributed by atoms with Crippen molar-refractivity contribution in [1.29, 1.82) is 0 Å². The third-order valence-electron chi connectivity index (χ3n) is 1.84. The Morgan fingerprint density at radius 3 is 2.12 bits per heavy atom. The number of carboxylic acids is 1. The standard InChI is InChI=1S/C10H17F2NO4/c1-10(2,3)17-9(16)13(4)6(8(14)15)5-7(11)12/h6-7H,5H2,1-4H3,(H,14,15). The molecular formula is C10H17F2NO4. The lowest BCUT2D eigenvalue weighted by Gasteiger charge is -2.28. The highest BCUT2D eigenvalue weighted by Crippen LogP contribution is 2.14. The second-order valence-electron chi connectivity index (χ2n) is 4.57. The number of hydrogen-bond donors (Lipinski definition) is 1. The van der Waals surface area contributed by atoms with Crippen LogP contribution in [0.3, 0.4) is 0 Å². The third-order valence-corrected chi connectivity index (χ3v) is 1.84. The lowest BCUT2D eigenvalue weighted by atomic mass is 10.2. The molecule has 7 heteroatoms. The Morgan fingerprint density at radius 2 is 1.82 bits per heavy atom. The highest BCUT2D eigenvalue weighted by atomic mass is 19.3. The first kappa shape index (κ1) is 15.6. The van der Waals surface area contributed by atoms with Crippen LogP contribution in [0, 0.1) is 0 Å². The molecule has 0 aliphatic rings. The van der Waals surface area contributed by atoms with Gasteiger partial charge >= 0.3 is 12.1 Å². The van der Waals surface area contributed by atoms with Gasteiger partial charge in [0.2, 0.25) is 6.43 Å². The summed E-state index contributed by atoms with van der Waals surface area (Å²) >= 11 is 0. The summed E-state index contributed by atoms with van der Waals surface area (Å²) in [5, 5.41) is 8.76. The molecule has 17 heavy (non-hydrogen) atoms. The van der Waals surface area contributed by atoms with E-state index in [0.29, 0.717) is 4.90 Å². The molecule has 0 aromatic heterocycles. The van der Waals surface area contributed by atoms with Crippen molar-refractivity contribution in [2.45, 2.75) is 45.3 Å².